The summed E-state index contributed by atoms with van der Waals surface area (Å²) in [6.07, 6.45) is 0. The second kappa shape index (κ2) is 5.16. The van der Waals surface area contributed by atoms with Crippen LogP contribution in [0.1, 0.15) is 0 Å². The fourth-order valence-corrected chi connectivity index (χ4v) is 1.91. The van der Waals surface area contributed by atoms with Gasteiger partial charge in [0.15, 0.2) is 0 Å². The van der Waals surface area contributed by atoms with E-state index in [1.807, 2.05) is 0 Å². The zero-order valence-electron chi connectivity index (χ0n) is 11.1. The molecular weight excluding hydrogens is 272 g/mol. The number of hydrogen-bond donors (Lipinski definition) is 2. The quantitative estimate of drug-likeness (QED) is 0.768. The van der Waals surface area contributed by atoms with Gasteiger partial charge in [0.1, 0.15) is 17.2 Å². The van der Waals surface area contributed by atoms with Crippen molar-refractivity contribution in [1.82, 2.24) is 10.1 Å². The van der Waals surface area contributed by atoms with Gasteiger partial charge >= 0.3 is 0 Å². The average Bonchev–Trinajstić information content (AvgIpc) is 2.96. The van der Waals surface area contributed by atoms with E-state index in [1.165, 1.54) is 19.2 Å². The first kappa shape index (κ1) is 13.0. The van der Waals surface area contributed by atoms with E-state index in [4.69, 9.17) is 9.26 Å². The second-order valence-electron chi connectivity index (χ2n) is 4.36. The molecule has 0 unspecified atom stereocenters. The van der Waals surface area contributed by atoms with Crippen LogP contribution < -0.4 is 4.74 Å². The lowest BCUT2D eigenvalue weighted by atomic mass is 10.2. The molecule has 2 N–H and O–H groups in total. The average molecular weight is 284 g/mol. The molecule has 0 atom stereocenters. The topological polar surface area (TPSA) is 88.6 Å². The molecule has 0 saturated carbocycles. The number of methoxy groups -OCH3 is 1. The van der Waals surface area contributed by atoms with Gasteiger partial charge in [0.05, 0.1) is 12.7 Å². The van der Waals surface area contributed by atoms with E-state index >= 15 is 0 Å². The third kappa shape index (κ3) is 2.51. The van der Waals surface area contributed by atoms with E-state index < -0.39 is 0 Å². The lowest BCUT2D eigenvalue weighted by molar-refractivity contribution is 0.405. The molecule has 1 aromatic heterocycles. The van der Waals surface area contributed by atoms with Gasteiger partial charge in [0, 0.05) is 11.6 Å². The van der Waals surface area contributed by atoms with Crippen LogP contribution in [0.2, 0.25) is 0 Å². The molecule has 0 aliphatic carbocycles. The summed E-state index contributed by atoms with van der Waals surface area (Å²) in [7, 11) is 1.52. The molecule has 0 amide bonds. The molecule has 0 radical (unpaired) electrons. The third-order valence-electron chi connectivity index (χ3n) is 2.97. The Morgan fingerprint density at radius 1 is 1.10 bits per heavy atom. The van der Waals surface area contributed by atoms with E-state index in [2.05, 4.69) is 10.1 Å². The van der Waals surface area contributed by atoms with Gasteiger partial charge in [0.25, 0.3) is 5.89 Å². The molecule has 3 aromatic rings. The number of phenolic OH excluding ortho intramolecular Hbond substituents is 2. The third-order valence-corrected chi connectivity index (χ3v) is 2.97. The highest BCUT2D eigenvalue weighted by Crippen LogP contribution is 2.32. The zero-order chi connectivity index (χ0) is 14.8. The van der Waals surface area contributed by atoms with E-state index in [0.29, 0.717) is 22.7 Å². The summed E-state index contributed by atoms with van der Waals surface area (Å²) in [4.78, 5) is 4.22. The molecule has 0 aliphatic heterocycles. The maximum absolute atomic E-state index is 9.95. The molecule has 21 heavy (non-hydrogen) atoms. The normalized spacial score (nSPS) is 10.5. The Bertz CT molecular complexity index is 783. The predicted molar refractivity (Wildman–Crippen MR) is 75.1 cm³/mol. The Labute approximate surface area is 120 Å². The molecule has 0 bridgehead atoms. The largest absolute Gasteiger partial charge is 0.508 e. The molecule has 0 aliphatic rings. The van der Waals surface area contributed by atoms with Gasteiger partial charge in [-0.05, 0) is 24.3 Å². The number of benzene rings is 2. The summed E-state index contributed by atoms with van der Waals surface area (Å²) >= 11 is 0. The number of rotatable bonds is 3. The number of nitrogens with zero attached hydrogens (tertiary/aromatic N) is 2. The van der Waals surface area contributed by atoms with E-state index in [-0.39, 0.29) is 17.4 Å². The van der Waals surface area contributed by atoms with E-state index in [9.17, 15) is 10.2 Å². The van der Waals surface area contributed by atoms with Crippen LogP contribution >= 0.6 is 0 Å². The molecule has 0 saturated heterocycles. The molecule has 3 rings (SSSR count). The lowest BCUT2D eigenvalue weighted by Gasteiger charge is -2.02. The molecule has 1 heterocycles. The van der Waals surface area contributed by atoms with Crippen LogP contribution in [0, 0.1) is 0 Å². The van der Waals surface area contributed by atoms with Crippen LogP contribution in [0.15, 0.2) is 47.0 Å². The summed E-state index contributed by atoms with van der Waals surface area (Å²) < 4.78 is 10.2. The number of hydrogen-bond acceptors (Lipinski definition) is 6. The first-order valence-corrected chi connectivity index (χ1v) is 6.18. The van der Waals surface area contributed by atoms with Crippen molar-refractivity contribution in [2.45, 2.75) is 0 Å². The van der Waals surface area contributed by atoms with Gasteiger partial charge in [-0.25, -0.2) is 0 Å². The molecule has 106 valence electrons. The number of aromatic hydroxyl groups is 2. The minimum atomic E-state index is -0.0135. The summed E-state index contributed by atoms with van der Waals surface area (Å²) in [6.45, 7) is 0. The van der Waals surface area contributed by atoms with Crippen molar-refractivity contribution in [3.8, 4) is 40.1 Å². The highest BCUT2D eigenvalue weighted by molar-refractivity contribution is 5.66. The van der Waals surface area contributed by atoms with Crippen LogP contribution in [-0.2, 0) is 0 Å². The number of aromatic nitrogens is 2. The standard InChI is InChI=1S/C15H12N2O4/c1-20-11-5-6-12(13(19)8-11)15-16-14(17-21-15)9-3-2-4-10(18)7-9/h2-8,18-19H,1H3. The highest BCUT2D eigenvalue weighted by atomic mass is 16.5. The van der Waals surface area contributed by atoms with Gasteiger partial charge in [-0.3, -0.25) is 0 Å². The summed E-state index contributed by atoms with van der Waals surface area (Å²) in [6, 6.07) is 11.3. The van der Waals surface area contributed by atoms with Crippen molar-refractivity contribution in [3.05, 3.63) is 42.5 Å². The second-order valence-corrected chi connectivity index (χ2v) is 4.36. The highest BCUT2D eigenvalue weighted by Gasteiger charge is 2.14. The smallest absolute Gasteiger partial charge is 0.262 e. The Balaban J connectivity index is 1.98. The van der Waals surface area contributed by atoms with Crippen molar-refractivity contribution < 1.29 is 19.5 Å². The first-order valence-electron chi connectivity index (χ1n) is 6.18. The van der Waals surface area contributed by atoms with Crippen LogP contribution in [0.5, 0.6) is 17.2 Å². The van der Waals surface area contributed by atoms with E-state index in [1.54, 1.807) is 30.3 Å². The summed E-state index contributed by atoms with van der Waals surface area (Å²) in [5, 5.41) is 23.3. The van der Waals surface area contributed by atoms with Crippen LogP contribution in [0.25, 0.3) is 22.8 Å². The molecule has 2 aromatic carbocycles. The van der Waals surface area contributed by atoms with Crippen molar-refractivity contribution in [3.63, 3.8) is 0 Å². The first-order chi connectivity index (χ1) is 10.2. The van der Waals surface area contributed by atoms with Crippen LogP contribution in [0.4, 0.5) is 0 Å². The lowest BCUT2D eigenvalue weighted by Crippen LogP contribution is -1.85. The van der Waals surface area contributed by atoms with Crippen LogP contribution in [0.3, 0.4) is 0 Å². The molecule has 0 fully saturated rings. The van der Waals surface area contributed by atoms with E-state index in [0.717, 1.165) is 0 Å². The van der Waals surface area contributed by atoms with Gasteiger partial charge < -0.3 is 19.5 Å². The Morgan fingerprint density at radius 2 is 1.95 bits per heavy atom. The number of ether oxygens (including phenoxy) is 1. The monoisotopic (exact) mass is 284 g/mol. The molecule has 6 heteroatoms. The van der Waals surface area contributed by atoms with Gasteiger partial charge in [-0.15, -0.1) is 0 Å². The van der Waals surface area contributed by atoms with Crippen molar-refractivity contribution >= 4 is 0 Å². The van der Waals surface area contributed by atoms with Crippen molar-refractivity contribution in [2.24, 2.45) is 0 Å². The summed E-state index contributed by atoms with van der Waals surface area (Å²) in [5.74, 6) is 1.15. The Hall–Kier alpha value is -3.02. The van der Waals surface area contributed by atoms with Crippen LogP contribution in [-0.4, -0.2) is 27.5 Å². The van der Waals surface area contributed by atoms with Gasteiger partial charge in [-0.1, -0.05) is 17.3 Å². The maximum atomic E-state index is 9.95. The minimum Gasteiger partial charge on any atom is -0.508 e. The van der Waals surface area contributed by atoms with Crippen molar-refractivity contribution in [2.75, 3.05) is 7.11 Å². The molecular formula is C15H12N2O4. The minimum absolute atomic E-state index is 0.0135. The SMILES string of the molecule is COc1ccc(-c2nc(-c3cccc(O)c3)no2)c(O)c1. The number of phenols is 2. The van der Waals surface area contributed by atoms with Gasteiger partial charge in [0.2, 0.25) is 5.82 Å². The predicted octanol–water partition coefficient (Wildman–Crippen LogP) is 2.82. The summed E-state index contributed by atoms with van der Waals surface area (Å²) in [5.41, 5.74) is 1.03. The Kier molecular flexibility index (Phi) is 3.19. The molecule has 6 nitrogen and oxygen atoms in total. The Morgan fingerprint density at radius 3 is 2.67 bits per heavy atom. The fourth-order valence-electron chi connectivity index (χ4n) is 1.91. The fraction of sp³-hybridized carbons (Fsp3) is 0.0667. The maximum Gasteiger partial charge on any atom is 0.262 e. The van der Waals surface area contributed by atoms with Crippen molar-refractivity contribution in [1.29, 1.82) is 0 Å². The van der Waals surface area contributed by atoms with Gasteiger partial charge in [-0.2, -0.15) is 4.98 Å². The zero-order valence-corrected chi connectivity index (χ0v) is 11.1. The molecule has 0 spiro atoms.